The zero-order chi connectivity index (χ0) is 36.7. The summed E-state index contributed by atoms with van der Waals surface area (Å²) in [6.45, 7) is 0.892. The minimum Gasteiger partial charge on any atom is -0.458 e. The lowest BCUT2D eigenvalue weighted by Gasteiger charge is -2.32. The number of hydrogen-bond acceptors (Lipinski definition) is 11. The highest BCUT2D eigenvalue weighted by molar-refractivity contribution is 7.91. The number of allylic oxidation sites excluding steroid dienone is 1. The number of hydrogen-bond donors (Lipinski definition) is 3. The van der Waals surface area contributed by atoms with E-state index in [-0.39, 0.29) is 44.1 Å². The Labute approximate surface area is 308 Å². The topological polar surface area (TPSA) is 189 Å². The number of carbonyl (C=O) groups is 4. The fraction of sp³-hybridized carbons (Fsp3) is 0.568. The number of sulfonamides is 1. The van der Waals surface area contributed by atoms with Crippen LogP contribution >= 0.6 is 0 Å². The van der Waals surface area contributed by atoms with Crippen molar-refractivity contribution in [3.8, 4) is 17.3 Å². The number of rotatable bonds is 9. The summed E-state index contributed by atoms with van der Waals surface area (Å²) < 4.78 is 39.6. The van der Waals surface area contributed by atoms with E-state index in [1.165, 1.54) is 4.90 Å². The molecule has 3 heterocycles. The SMILES string of the molecule is O=C(N[C@H]1CN(C2CC2)CCC/C=C\C2C[C@@]2(C(=O)NS(=O)(=O)C2CC2)NC(=O)[C@@H]2C[C@@H](Oc3nccc(-c4ccccc4)n3)CN2C1=O)OC1CC1. The van der Waals surface area contributed by atoms with Crippen molar-refractivity contribution in [1.29, 1.82) is 0 Å². The van der Waals surface area contributed by atoms with Gasteiger partial charge >= 0.3 is 12.1 Å². The largest absolute Gasteiger partial charge is 0.458 e. The summed E-state index contributed by atoms with van der Waals surface area (Å²) in [5.74, 6) is -2.31. The minimum atomic E-state index is -3.89. The average Bonchev–Trinajstić information content (AvgIpc) is 3.93. The van der Waals surface area contributed by atoms with Crippen LogP contribution < -0.4 is 20.1 Å². The van der Waals surface area contributed by atoms with Crippen molar-refractivity contribution in [2.45, 2.75) is 105 Å². The summed E-state index contributed by atoms with van der Waals surface area (Å²) in [5, 5.41) is 5.07. The Morgan fingerprint density at radius 3 is 2.51 bits per heavy atom. The zero-order valence-corrected chi connectivity index (χ0v) is 30.2. The summed E-state index contributed by atoms with van der Waals surface area (Å²) in [5.41, 5.74) is 0.00108. The number of amides is 4. The molecule has 8 rings (SSSR count). The molecular formula is C37H45N7O8S. The predicted octanol–water partition coefficient (Wildman–Crippen LogP) is 2.05. The standard InChI is InChI=1S/C37H45N7O8S/c45-32-31-19-27(51-35-38-17-16-29(39-35)23-7-3-1-4-8-23)21-44(31)33(46)30(40-36(48)52-26-12-13-26)22-43(25-10-11-25)18-6-2-5-9-24-20-37(24,41-32)34(47)42-53(49,50)28-14-15-28/h1,3-5,7-9,16-17,24-28,30-31H,2,6,10-15,18-22H2,(H,40,48)(H,41,45)(H,42,47)/b9-5-/t24?,27-,30+,31+,37-/m1/s1. The third-order valence-corrected chi connectivity index (χ3v) is 12.7. The van der Waals surface area contributed by atoms with E-state index in [1.54, 1.807) is 12.3 Å². The lowest BCUT2D eigenvalue weighted by atomic mass is 10.1. The van der Waals surface area contributed by atoms with Crippen molar-refractivity contribution in [1.82, 2.24) is 35.1 Å². The fourth-order valence-electron chi connectivity index (χ4n) is 7.33. The van der Waals surface area contributed by atoms with Crippen molar-refractivity contribution >= 4 is 33.8 Å². The monoisotopic (exact) mass is 747 g/mol. The van der Waals surface area contributed by atoms with Gasteiger partial charge in [-0.3, -0.25) is 24.0 Å². The first-order valence-corrected chi connectivity index (χ1v) is 20.2. The number of aromatic nitrogens is 2. The molecule has 5 fully saturated rings. The molecule has 2 aromatic rings. The molecule has 1 unspecified atom stereocenters. The highest BCUT2D eigenvalue weighted by Gasteiger charge is 2.62. The van der Waals surface area contributed by atoms with Crippen LogP contribution in [0.2, 0.25) is 0 Å². The van der Waals surface area contributed by atoms with Gasteiger partial charge in [-0.25, -0.2) is 18.2 Å². The van der Waals surface area contributed by atoms with Gasteiger partial charge in [-0.1, -0.05) is 42.5 Å². The highest BCUT2D eigenvalue weighted by Crippen LogP contribution is 2.46. The van der Waals surface area contributed by atoms with Crippen molar-refractivity contribution in [3.05, 3.63) is 54.7 Å². The second-order valence-corrected chi connectivity index (χ2v) is 17.1. The van der Waals surface area contributed by atoms with E-state index in [1.807, 2.05) is 42.5 Å². The Morgan fingerprint density at radius 2 is 1.77 bits per heavy atom. The van der Waals surface area contributed by atoms with Crippen molar-refractivity contribution in [2.24, 2.45) is 5.92 Å². The molecule has 1 aromatic heterocycles. The van der Waals surface area contributed by atoms with Gasteiger partial charge in [-0.05, 0) is 70.4 Å². The summed E-state index contributed by atoms with van der Waals surface area (Å²) in [6.07, 6.45) is 10.0. The Hall–Kier alpha value is -4.57. The van der Waals surface area contributed by atoms with Crippen LogP contribution in [-0.4, -0.2) is 113 Å². The molecule has 4 amide bonds. The van der Waals surface area contributed by atoms with Gasteiger partial charge in [0.15, 0.2) is 0 Å². The molecular weight excluding hydrogens is 703 g/mol. The maximum Gasteiger partial charge on any atom is 0.408 e. The summed E-state index contributed by atoms with van der Waals surface area (Å²) >= 11 is 0. The van der Waals surface area contributed by atoms with Gasteiger partial charge in [-0.2, -0.15) is 4.98 Å². The quantitative estimate of drug-likeness (QED) is 0.319. The first kappa shape index (κ1) is 35.5. The predicted molar refractivity (Wildman–Crippen MR) is 190 cm³/mol. The molecule has 15 nitrogen and oxygen atoms in total. The maximum absolute atomic E-state index is 14.6. The van der Waals surface area contributed by atoms with Crippen molar-refractivity contribution < 1.29 is 37.1 Å². The van der Waals surface area contributed by atoms with E-state index in [9.17, 15) is 27.6 Å². The van der Waals surface area contributed by atoms with Gasteiger partial charge < -0.3 is 25.0 Å². The maximum atomic E-state index is 14.6. The molecule has 282 valence electrons. The fourth-order valence-corrected chi connectivity index (χ4v) is 8.69. The summed E-state index contributed by atoms with van der Waals surface area (Å²) in [6, 6.07) is 9.50. The lowest BCUT2D eigenvalue weighted by molar-refractivity contribution is -0.141. The van der Waals surface area contributed by atoms with E-state index < -0.39 is 68.7 Å². The smallest absolute Gasteiger partial charge is 0.408 e. The zero-order valence-electron chi connectivity index (χ0n) is 29.4. The molecule has 3 N–H and O–H groups in total. The normalized spacial score (nSPS) is 30.1. The van der Waals surface area contributed by atoms with Crippen molar-refractivity contribution in [2.75, 3.05) is 19.6 Å². The molecule has 0 spiro atoms. The van der Waals surface area contributed by atoms with Crippen LogP contribution in [0.3, 0.4) is 0 Å². The molecule has 53 heavy (non-hydrogen) atoms. The minimum absolute atomic E-state index is 0.0201. The lowest BCUT2D eigenvalue weighted by Crippen LogP contribution is -2.59. The number of alkyl carbamates (subject to hydrolysis) is 1. The third kappa shape index (κ3) is 8.17. The Morgan fingerprint density at radius 1 is 0.981 bits per heavy atom. The Bertz CT molecular complexity index is 1880. The molecule has 2 aliphatic heterocycles. The number of benzene rings is 1. The van der Waals surface area contributed by atoms with E-state index >= 15 is 0 Å². The van der Waals surface area contributed by atoms with Crippen LogP contribution in [0.25, 0.3) is 11.3 Å². The number of carbonyl (C=O) groups excluding carboxylic acids is 4. The van der Waals surface area contributed by atoms with Gasteiger partial charge in [0.25, 0.3) is 5.91 Å². The number of nitrogens with zero attached hydrogens (tertiary/aromatic N) is 4. The summed E-state index contributed by atoms with van der Waals surface area (Å²) in [4.78, 5) is 68.2. The third-order valence-electron chi connectivity index (χ3n) is 10.8. The first-order valence-electron chi connectivity index (χ1n) is 18.7. The average molecular weight is 748 g/mol. The van der Waals surface area contributed by atoms with E-state index in [4.69, 9.17) is 9.47 Å². The Balaban J connectivity index is 1.09. The second-order valence-electron chi connectivity index (χ2n) is 15.1. The van der Waals surface area contributed by atoms with Crippen LogP contribution in [0.1, 0.15) is 64.2 Å². The van der Waals surface area contributed by atoms with Gasteiger partial charge in [0.1, 0.15) is 29.8 Å². The van der Waals surface area contributed by atoms with Crippen molar-refractivity contribution in [3.63, 3.8) is 0 Å². The first-order chi connectivity index (χ1) is 25.6. The molecule has 0 bridgehead atoms. The number of nitrogens with one attached hydrogen (secondary N) is 3. The highest BCUT2D eigenvalue weighted by atomic mass is 32.2. The van der Waals surface area contributed by atoms with Crippen LogP contribution in [0.4, 0.5) is 4.79 Å². The molecule has 6 aliphatic rings. The van der Waals surface area contributed by atoms with Gasteiger partial charge in [0.05, 0.1) is 17.5 Å². The van der Waals surface area contributed by atoms with Crippen LogP contribution in [0, 0.1) is 5.92 Å². The van der Waals surface area contributed by atoms with Gasteiger partial charge in [0, 0.05) is 36.7 Å². The van der Waals surface area contributed by atoms with E-state index in [0.717, 1.165) is 37.7 Å². The van der Waals surface area contributed by atoms with Crippen LogP contribution in [0.5, 0.6) is 6.01 Å². The van der Waals surface area contributed by atoms with Crippen LogP contribution in [0.15, 0.2) is 54.7 Å². The molecule has 1 saturated heterocycles. The Kier molecular flexibility index (Phi) is 9.60. The molecule has 16 heteroatoms. The summed E-state index contributed by atoms with van der Waals surface area (Å²) in [7, 11) is -3.89. The number of ether oxygens (including phenoxy) is 2. The van der Waals surface area contributed by atoms with Gasteiger partial charge in [0.2, 0.25) is 21.8 Å². The number of fused-ring (bicyclic) bond motifs is 2. The second kappa shape index (κ2) is 14.3. The molecule has 4 aliphatic carbocycles. The molecule has 5 atom stereocenters. The van der Waals surface area contributed by atoms with Gasteiger partial charge in [-0.15, -0.1) is 0 Å². The van der Waals surface area contributed by atoms with Crippen LogP contribution in [-0.2, 0) is 29.1 Å². The van der Waals surface area contributed by atoms with E-state index in [0.29, 0.717) is 31.5 Å². The van der Waals surface area contributed by atoms with E-state index in [2.05, 4.69) is 30.2 Å². The molecule has 1 aromatic carbocycles. The molecule has 0 radical (unpaired) electrons. The molecule has 4 saturated carbocycles.